The molecule has 0 heterocycles. The number of benzene rings is 10. The minimum atomic E-state index is -5.92. The van der Waals surface area contributed by atoms with Crippen LogP contribution in [0.25, 0.3) is 11.1 Å². The van der Waals surface area contributed by atoms with Gasteiger partial charge < -0.3 is 18.9 Å². The van der Waals surface area contributed by atoms with Crippen LogP contribution in [0.5, 0.6) is 40.2 Å². The standard InChI is InChI=1S/C67H48F6O14S4/c1-43-3-33-58(34-4-43)89(75,76)59-37-27-55(28-38-59)84-52-21-13-48(14-22-52)65(66(68,69)70,67(71,72)73)49-15-23-53(24-16-49)85-56-29-41-61(42-30-56)90(77,78)60-39-25-54(26-40-60)83-51-19-7-45(8-20-51)64(47-11-35-62(36-12-47)91(79,80)81)63(44-5-17-50(82-2)18-6-44)46-9-31-57(32-10-46)88-87-86-74/h3-42,74H,1-2H3,(H,79,80,81)/b64-63-. The first-order chi connectivity index (χ1) is 43.3. The minimum absolute atomic E-state index is 0.00159. The molecule has 0 amide bonds. The van der Waals surface area contributed by atoms with E-state index in [0.29, 0.717) is 68.5 Å². The highest BCUT2D eigenvalue weighted by atomic mass is 32.2. The van der Waals surface area contributed by atoms with Crippen LogP contribution in [-0.2, 0) is 44.6 Å². The number of hydrogen-bond acceptors (Lipinski definition) is 14. The predicted octanol–water partition coefficient (Wildman–Crippen LogP) is 17.1. The van der Waals surface area contributed by atoms with Crippen LogP contribution in [0.15, 0.2) is 272 Å². The summed E-state index contributed by atoms with van der Waals surface area (Å²) in [7, 11) is -11.1. The normalized spacial score (nSPS) is 12.6. The molecule has 466 valence electrons. The Morgan fingerprint density at radius 2 is 0.637 bits per heavy atom. The van der Waals surface area contributed by atoms with Crippen molar-refractivity contribution in [1.29, 1.82) is 0 Å². The lowest BCUT2D eigenvalue weighted by Gasteiger charge is -2.38. The second kappa shape index (κ2) is 26.3. The summed E-state index contributed by atoms with van der Waals surface area (Å²) >= 11 is 0.767. The van der Waals surface area contributed by atoms with Crippen LogP contribution in [0.2, 0.25) is 0 Å². The summed E-state index contributed by atoms with van der Waals surface area (Å²) in [6.45, 7) is 1.80. The van der Waals surface area contributed by atoms with Crippen molar-refractivity contribution in [2.75, 3.05) is 7.11 Å². The molecule has 0 spiro atoms. The number of halogens is 6. The van der Waals surface area contributed by atoms with Crippen molar-refractivity contribution in [3.8, 4) is 40.2 Å². The van der Waals surface area contributed by atoms with Gasteiger partial charge in [-0.25, -0.2) is 22.1 Å². The molecule has 24 heteroatoms. The van der Waals surface area contributed by atoms with Gasteiger partial charge >= 0.3 is 12.4 Å². The number of ether oxygens (including phenoxy) is 4. The van der Waals surface area contributed by atoms with Gasteiger partial charge in [-0.1, -0.05) is 95.5 Å². The van der Waals surface area contributed by atoms with E-state index in [2.05, 4.69) is 9.37 Å². The average molecular weight is 1320 g/mol. The SMILES string of the molecule is COc1ccc(/C(=C(\c2ccc(Oc3ccc(S(=O)(=O)c4ccc(Oc5ccc(C(c6ccc(Oc7ccc(S(=O)(=O)c8ccc(C)cc8)cc7)cc6)(C(F)(F)F)C(F)(F)F)cc5)cc4)cc3)cc2)c2ccc(S(=O)(=O)O)cc2)c2ccc(SOOO)cc2)cc1. The molecular weight excluding hydrogens is 1270 g/mol. The molecule has 2 N–H and O–H groups in total. The van der Waals surface area contributed by atoms with Crippen molar-refractivity contribution in [3.63, 3.8) is 0 Å². The fraction of sp³-hybridized carbons (Fsp3) is 0.0746. The first kappa shape index (κ1) is 64.7. The van der Waals surface area contributed by atoms with Gasteiger partial charge in [0.15, 0.2) is 0 Å². The summed E-state index contributed by atoms with van der Waals surface area (Å²) in [5, 5.41) is 12.4. The van der Waals surface area contributed by atoms with Crippen LogP contribution in [0.1, 0.15) is 38.9 Å². The van der Waals surface area contributed by atoms with E-state index in [0.717, 1.165) is 47.4 Å². The first-order valence-electron chi connectivity index (χ1n) is 26.9. The van der Waals surface area contributed by atoms with Crippen LogP contribution in [-0.4, -0.2) is 54.5 Å². The molecule has 0 aromatic heterocycles. The van der Waals surface area contributed by atoms with Crippen LogP contribution in [0.3, 0.4) is 0 Å². The second-order valence-electron chi connectivity index (χ2n) is 20.1. The highest BCUT2D eigenvalue weighted by molar-refractivity contribution is 7.94. The maximum Gasteiger partial charge on any atom is 0.411 e. The predicted molar refractivity (Wildman–Crippen MR) is 325 cm³/mol. The molecule has 0 saturated heterocycles. The highest BCUT2D eigenvalue weighted by Gasteiger charge is 2.72. The maximum absolute atomic E-state index is 15.1. The second-order valence-corrected chi connectivity index (χ2v) is 26.2. The van der Waals surface area contributed by atoms with Crippen molar-refractivity contribution in [3.05, 3.63) is 282 Å². The maximum atomic E-state index is 15.1. The number of aryl methyl sites for hydroxylation is 1. The highest BCUT2D eigenvalue weighted by Crippen LogP contribution is 2.57. The molecule has 10 aromatic rings. The van der Waals surface area contributed by atoms with E-state index >= 15 is 26.3 Å². The molecule has 14 nitrogen and oxygen atoms in total. The number of sulfone groups is 2. The molecule has 0 aliphatic heterocycles. The molecule has 10 aromatic carbocycles. The zero-order chi connectivity index (χ0) is 64.9. The van der Waals surface area contributed by atoms with Gasteiger partial charge in [0, 0.05) is 4.90 Å². The van der Waals surface area contributed by atoms with Gasteiger partial charge in [-0.15, -0.1) is 4.33 Å². The van der Waals surface area contributed by atoms with Gasteiger partial charge in [0.1, 0.15) is 40.2 Å². The summed E-state index contributed by atoms with van der Waals surface area (Å²) in [6, 6.07) is 55.0. The molecule has 0 saturated carbocycles. The largest absolute Gasteiger partial charge is 0.497 e. The summed E-state index contributed by atoms with van der Waals surface area (Å²) < 4.78 is 206. The van der Waals surface area contributed by atoms with Gasteiger partial charge in [0.25, 0.3) is 10.1 Å². The molecule has 0 radical (unpaired) electrons. The Labute approximate surface area is 522 Å². The molecule has 10 rings (SSSR count). The van der Waals surface area contributed by atoms with E-state index in [1.807, 2.05) is 24.3 Å². The third kappa shape index (κ3) is 14.1. The Morgan fingerprint density at radius 1 is 0.374 bits per heavy atom. The van der Waals surface area contributed by atoms with Gasteiger partial charge in [-0.05, 0) is 209 Å². The molecule has 0 atom stereocenters. The summed E-state index contributed by atoms with van der Waals surface area (Å²) in [5.74, 6) is 0.947. The number of methoxy groups -OCH3 is 1. The Kier molecular flexibility index (Phi) is 18.7. The molecule has 0 unspecified atom stereocenters. The summed E-state index contributed by atoms with van der Waals surface area (Å²) in [6.07, 6.45) is -11.8. The van der Waals surface area contributed by atoms with E-state index in [1.165, 1.54) is 104 Å². The van der Waals surface area contributed by atoms with E-state index in [4.69, 9.17) is 24.2 Å². The third-order valence-electron chi connectivity index (χ3n) is 14.4. The summed E-state index contributed by atoms with van der Waals surface area (Å²) in [5.41, 5.74) is -2.06. The van der Waals surface area contributed by atoms with E-state index in [1.54, 1.807) is 79.7 Å². The molecule has 0 aliphatic rings. The monoisotopic (exact) mass is 1320 g/mol. The Hall–Kier alpha value is -9.24. The van der Waals surface area contributed by atoms with Crippen LogP contribution in [0.4, 0.5) is 26.3 Å². The van der Waals surface area contributed by atoms with Gasteiger partial charge in [0.2, 0.25) is 25.1 Å². The van der Waals surface area contributed by atoms with Crippen molar-refractivity contribution < 1.29 is 89.7 Å². The topological polar surface area (TPSA) is 198 Å². The quantitative estimate of drug-likeness (QED) is 0.0172. The van der Waals surface area contributed by atoms with Crippen LogP contribution in [0, 0.1) is 6.92 Å². The summed E-state index contributed by atoms with van der Waals surface area (Å²) in [4.78, 5) is -0.0584. The first-order valence-corrected chi connectivity index (χ1v) is 32.0. The van der Waals surface area contributed by atoms with Gasteiger partial charge in [-0.2, -0.15) is 34.8 Å². The van der Waals surface area contributed by atoms with E-state index in [9.17, 15) is 29.8 Å². The van der Waals surface area contributed by atoms with Crippen LogP contribution < -0.4 is 18.9 Å². The Morgan fingerprint density at radius 3 is 0.934 bits per heavy atom. The zero-order valence-electron chi connectivity index (χ0n) is 47.3. The van der Waals surface area contributed by atoms with Gasteiger partial charge in [0.05, 0.1) is 43.6 Å². The molecule has 0 bridgehead atoms. The smallest absolute Gasteiger partial charge is 0.411 e. The fourth-order valence-corrected chi connectivity index (χ4v) is 13.2. The fourth-order valence-electron chi connectivity index (χ4n) is 9.87. The van der Waals surface area contributed by atoms with Crippen molar-refractivity contribution >= 4 is 53.0 Å². The average Bonchev–Trinajstić information content (AvgIpc) is 0.761. The Bertz CT molecular complexity index is 4560. The van der Waals surface area contributed by atoms with Crippen molar-refractivity contribution in [2.24, 2.45) is 0 Å². The number of hydrogen-bond donors (Lipinski definition) is 2. The van der Waals surface area contributed by atoms with E-state index in [-0.39, 0.29) is 53.2 Å². The number of rotatable bonds is 21. The minimum Gasteiger partial charge on any atom is -0.497 e. The molecular formula is C67H48F6O14S4. The van der Waals surface area contributed by atoms with Crippen molar-refractivity contribution in [1.82, 2.24) is 0 Å². The lowest BCUT2D eigenvalue weighted by molar-refractivity contribution is -0.432. The van der Waals surface area contributed by atoms with E-state index < -0.39 is 58.7 Å². The lowest BCUT2D eigenvalue weighted by Crippen LogP contribution is -2.54. The number of alkyl halides is 6. The zero-order valence-corrected chi connectivity index (χ0v) is 50.6. The molecule has 91 heavy (non-hydrogen) atoms. The molecule has 0 aliphatic carbocycles. The third-order valence-corrected chi connectivity index (χ3v) is 19.4. The molecule has 0 fully saturated rings. The van der Waals surface area contributed by atoms with Gasteiger partial charge in [-0.3, -0.25) is 4.55 Å². The van der Waals surface area contributed by atoms with Crippen molar-refractivity contribution in [2.45, 2.75) is 54.1 Å². The lowest BCUT2D eigenvalue weighted by atomic mass is 9.73. The van der Waals surface area contributed by atoms with Crippen LogP contribution >= 0.6 is 12.0 Å². The Balaban J connectivity index is 0.835.